The Labute approximate surface area is 123 Å². The standard InChI is InChI=1S/C16H19NO4/c1-10-7-6-8-11-12(14(18)20-5)9-17(13(10)11)15(19)21-16(2,3)4/h6-9H,1-5H3. The third-order valence-corrected chi connectivity index (χ3v) is 3.02. The van der Waals surface area contributed by atoms with Gasteiger partial charge in [-0.1, -0.05) is 18.2 Å². The van der Waals surface area contributed by atoms with Gasteiger partial charge in [0.05, 0.1) is 18.2 Å². The van der Waals surface area contributed by atoms with E-state index in [1.807, 2.05) is 19.1 Å². The summed E-state index contributed by atoms with van der Waals surface area (Å²) < 4.78 is 11.5. The summed E-state index contributed by atoms with van der Waals surface area (Å²) in [6.45, 7) is 7.27. The molecule has 0 aliphatic heterocycles. The molecule has 5 nitrogen and oxygen atoms in total. The van der Waals surface area contributed by atoms with E-state index in [1.165, 1.54) is 17.9 Å². The molecule has 0 radical (unpaired) electrons. The number of esters is 1. The summed E-state index contributed by atoms with van der Waals surface area (Å²) in [6, 6.07) is 5.50. The second-order valence-corrected chi connectivity index (χ2v) is 5.86. The summed E-state index contributed by atoms with van der Waals surface area (Å²) in [5.41, 5.74) is 1.28. The van der Waals surface area contributed by atoms with Crippen molar-refractivity contribution >= 4 is 23.0 Å². The maximum Gasteiger partial charge on any atom is 0.419 e. The predicted molar refractivity (Wildman–Crippen MR) is 79.6 cm³/mol. The average Bonchev–Trinajstić information content (AvgIpc) is 2.77. The number of benzene rings is 1. The van der Waals surface area contributed by atoms with Crippen molar-refractivity contribution in [1.82, 2.24) is 4.57 Å². The van der Waals surface area contributed by atoms with Crippen LogP contribution in [-0.4, -0.2) is 29.3 Å². The number of methoxy groups -OCH3 is 1. The van der Waals surface area contributed by atoms with Crippen LogP contribution in [0.1, 0.15) is 36.7 Å². The van der Waals surface area contributed by atoms with Crippen molar-refractivity contribution < 1.29 is 19.1 Å². The number of carbonyl (C=O) groups is 2. The highest BCUT2D eigenvalue weighted by Gasteiger charge is 2.23. The van der Waals surface area contributed by atoms with E-state index in [1.54, 1.807) is 26.8 Å². The lowest BCUT2D eigenvalue weighted by Gasteiger charge is -2.20. The van der Waals surface area contributed by atoms with Crippen LogP contribution < -0.4 is 0 Å². The van der Waals surface area contributed by atoms with E-state index < -0.39 is 17.7 Å². The summed E-state index contributed by atoms with van der Waals surface area (Å²) in [4.78, 5) is 24.2. The second-order valence-electron chi connectivity index (χ2n) is 5.86. The van der Waals surface area contributed by atoms with E-state index in [2.05, 4.69) is 0 Å². The van der Waals surface area contributed by atoms with Gasteiger partial charge in [0, 0.05) is 11.6 Å². The first-order valence-corrected chi connectivity index (χ1v) is 6.67. The van der Waals surface area contributed by atoms with Gasteiger partial charge in [0.1, 0.15) is 5.60 Å². The Morgan fingerprint density at radius 1 is 1.19 bits per heavy atom. The van der Waals surface area contributed by atoms with Crippen LogP contribution in [-0.2, 0) is 9.47 Å². The van der Waals surface area contributed by atoms with E-state index in [-0.39, 0.29) is 0 Å². The van der Waals surface area contributed by atoms with Crippen molar-refractivity contribution in [1.29, 1.82) is 0 Å². The Kier molecular flexibility index (Phi) is 3.77. The third-order valence-electron chi connectivity index (χ3n) is 3.02. The number of hydrogen-bond donors (Lipinski definition) is 0. The highest BCUT2D eigenvalue weighted by molar-refractivity contribution is 6.07. The summed E-state index contributed by atoms with van der Waals surface area (Å²) >= 11 is 0. The van der Waals surface area contributed by atoms with Crippen LogP contribution in [0.15, 0.2) is 24.4 Å². The van der Waals surface area contributed by atoms with Crippen LogP contribution in [0.2, 0.25) is 0 Å². The van der Waals surface area contributed by atoms with Crippen LogP contribution >= 0.6 is 0 Å². The number of aromatic nitrogens is 1. The molecule has 0 atom stereocenters. The first-order chi connectivity index (χ1) is 9.74. The Morgan fingerprint density at radius 3 is 2.43 bits per heavy atom. The number of nitrogens with zero attached hydrogens (tertiary/aromatic N) is 1. The highest BCUT2D eigenvalue weighted by atomic mass is 16.6. The molecule has 0 amide bonds. The van der Waals surface area contributed by atoms with Crippen LogP contribution in [0.3, 0.4) is 0 Å². The smallest absolute Gasteiger partial charge is 0.419 e. The number of aryl methyl sites for hydroxylation is 1. The molecule has 5 heteroatoms. The second kappa shape index (κ2) is 5.24. The van der Waals surface area contributed by atoms with E-state index in [0.29, 0.717) is 16.5 Å². The highest BCUT2D eigenvalue weighted by Crippen LogP contribution is 2.26. The van der Waals surface area contributed by atoms with Gasteiger partial charge in [0.15, 0.2) is 0 Å². The minimum Gasteiger partial charge on any atom is -0.465 e. The van der Waals surface area contributed by atoms with Gasteiger partial charge in [-0.25, -0.2) is 9.59 Å². The fourth-order valence-corrected chi connectivity index (χ4v) is 2.19. The van der Waals surface area contributed by atoms with Crippen LogP contribution in [0.25, 0.3) is 10.9 Å². The largest absolute Gasteiger partial charge is 0.465 e. The van der Waals surface area contributed by atoms with Gasteiger partial charge in [-0.3, -0.25) is 4.57 Å². The average molecular weight is 289 g/mol. The van der Waals surface area contributed by atoms with Crippen molar-refractivity contribution in [3.05, 3.63) is 35.5 Å². The molecule has 0 unspecified atom stereocenters. The molecular formula is C16H19NO4. The van der Waals surface area contributed by atoms with Gasteiger partial charge in [-0.2, -0.15) is 0 Å². The first-order valence-electron chi connectivity index (χ1n) is 6.67. The van der Waals surface area contributed by atoms with E-state index in [4.69, 9.17) is 9.47 Å². The van der Waals surface area contributed by atoms with E-state index in [0.717, 1.165) is 5.56 Å². The summed E-state index contributed by atoms with van der Waals surface area (Å²) in [7, 11) is 1.31. The van der Waals surface area contributed by atoms with Crippen LogP contribution in [0.4, 0.5) is 4.79 Å². The Bertz CT molecular complexity index is 707. The third kappa shape index (κ3) is 2.91. The maximum atomic E-state index is 12.3. The fraction of sp³-hybridized carbons (Fsp3) is 0.375. The Morgan fingerprint density at radius 2 is 1.86 bits per heavy atom. The molecule has 0 aliphatic rings. The number of para-hydroxylation sites is 1. The lowest BCUT2D eigenvalue weighted by atomic mass is 10.1. The molecule has 0 N–H and O–H groups in total. The van der Waals surface area contributed by atoms with Gasteiger partial charge in [0.2, 0.25) is 0 Å². The monoisotopic (exact) mass is 289 g/mol. The topological polar surface area (TPSA) is 57.5 Å². The molecule has 21 heavy (non-hydrogen) atoms. The minimum absolute atomic E-state index is 0.349. The first kappa shape index (κ1) is 15.1. The number of rotatable bonds is 1. The van der Waals surface area contributed by atoms with Gasteiger partial charge in [0.25, 0.3) is 0 Å². The van der Waals surface area contributed by atoms with Crippen molar-refractivity contribution in [2.75, 3.05) is 7.11 Å². The number of hydrogen-bond acceptors (Lipinski definition) is 4. The minimum atomic E-state index is -0.609. The lowest BCUT2D eigenvalue weighted by molar-refractivity contribution is 0.0544. The molecule has 0 bridgehead atoms. The quantitative estimate of drug-likeness (QED) is 0.754. The zero-order chi connectivity index (χ0) is 15.8. The summed E-state index contributed by atoms with van der Waals surface area (Å²) in [5, 5.41) is 0.674. The molecule has 2 aromatic rings. The molecule has 1 aromatic carbocycles. The normalized spacial score (nSPS) is 11.5. The molecule has 112 valence electrons. The zero-order valence-corrected chi connectivity index (χ0v) is 12.9. The van der Waals surface area contributed by atoms with Gasteiger partial charge in [-0.05, 0) is 33.3 Å². The molecule has 1 aromatic heterocycles. The SMILES string of the molecule is COC(=O)c1cn(C(=O)OC(C)(C)C)c2c(C)cccc12. The number of carbonyl (C=O) groups excluding carboxylic acids is 2. The molecular weight excluding hydrogens is 270 g/mol. The Balaban J connectivity index is 2.64. The van der Waals surface area contributed by atoms with E-state index in [9.17, 15) is 9.59 Å². The van der Waals surface area contributed by atoms with Crippen molar-refractivity contribution in [2.45, 2.75) is 33.3 Å². The van der Waals surface area contributed by atoms with Crippen molar-refractivity contribution in [3.63, 3.8) is 0 Å². The summed E-state index contributed by atoms with van der Waals surface area (Å²) in [6.07, 6.45) is 0.953. The van der Waals surface area contributed by atoms with E-state index >= 15 is 0 Å². The molecule has 0 saturated heterocycles. The number of ether oxygens (including phenoxy) is 2. The van der Waals surface area contributed by atoms with Crippen LogP contribution in [0, 0.1) is 6.92 Å². The maximum absolute atomic E-state index is 12.3. The molecule has 2 rings (SSSR count). The lowest BCUT2D eigenvalue weighted by Crippen LogP contribution is -2.26. The summed E-state index contributed by atoms with van der Waals surface area (Å²) in [5.74, 6) is -0.479. The molecule has 0 aliphatic carbocycles. The molecule has 0 fully saturated rings. The molecule has 0 saturated carbocycles. The zero-order valence-electron chi connectivity index (χ0n) is 12.9. The molecule has 1 heterocycles. The van der Waals surface area contributed by atoms with Gasteiger partial charge < -0.3 is 9.47 Å². The fourth-order valence-electron chi connectivity index (χ4n) is 2.19. The van der Waals surface area contributed by atoms with Gasteiger partial charge in [-0.15, -0.1) is 0 Å². The molecule has 0 spiro atoms. The van der Waals surface area contributed by atoms with Crippen molar-refractivity contribution in [3.8, 4) is 0 Å². The Hall–Kier alpha value is -2.30. The van der Waals surface area contributed by atoms with Crippen molar-refractivity contribution in [2.24, 2.45) is 0 Å². The number of fused-ring (bicyclic) bond motifs is 1. The van der Waals surface area contributed by atoms with Gasteiger partial charge >= 0.3 is 12.1 Å². The predicted octanol–water partition coefficient (Wildman–Crippen LogP) is 3.52. The van der Waals surface area contributed by atoms with Crippen LogP contribution in [0.5, 0.6) is 0 Å².